The molecule has 0 unspecified atom stereocenters. The lowest BCUT2D eigenvalue weighted by molar-refractivity contribution is 0.0479. The Morgan fingerprint density at radius 3 is 2.69 bits per heavy atom. The lowest BCUT2D eigenvalue weighted by atomic mass is 10.0. The minimum atomic E-state index is -0.562. The number of ether oxygens (including phenoxy) is 1. The molecule has 0 atom stereocenters. The van der Waals surface area contributed by atoms with Crippen molar-refractivity contribution in [1.29, 1.82) is 0 Å². The Labute approximate surface area is 169 Å². The molecule has 8 heteroatoms. The molecule has 1 aromatic carbocycles. The summed E-state index contributed by atoms with van der Waals surface area (Å²) in [6.45, 7) is 7.11. The van der Waals surface area contributed by atoms with E-state index in [4.69, 9.17) is 9.15 Å². The summed E-state index contributed by atoms with van der Waals surface area (Å²) in [5, 5.41) is 1.12. The van der Waals surface area contributed by atoms with Gasteiger partial charge < -0.3 is 14.1 Å². The average Bonchev–Trinajstić information content (AvgIpc) is 2.99. The molecule has 1 N–H and O–H groups in total. The SMILES string of the molecule is Cc1nc2sc(C(=O)OCc3cc(=O)oc4c(C)c(C)ccc34)c(C)c2c(=O)[nH]1. The van der Waals surface area contributed by atoms with Crippen LogP contribution in [-0.2, 0) is 11.3 Å². The minimum Gasteiger partial charge on any atom is -0.457 e. The van der Waals surface area contributed by atoms with Gasteiger partial charge in [-0.3, -0.25) is 4.79 Å². The van der Waals surface area contributed by atoms with Crippen LogP contribution in [0.2, 0.25) is 0 Å². The summed E-state index contributed by atoms with van der Waals surface area (Å²) in [5.74, 6) is -0.0791. The highest BCUT2D eigenvalue weighted by Gasteiger charge is 2.21. The van der Waals surface area contributed by atoms with Crippen LogP contribution >= 0.6 is 11.3 Å². The predicted molar refractivity (Wildman–Crippen MR) is 111 cm³/mol. The number of hydrogen-bond acceptors (Lipinski definition) is 7. The fourth-order valence-electron chi connectivity index (χ4n) is 3.30. The second-order valence-electron chi connectivity index (χ2n) is 6.94. The molecule has 0 amide bonds. The molecule has 0 aliphatic rings. The molecule has 0 radical (unpaired) electrons. The number of fused-ring (bicyclic) bond motifs is 2. The number of esters is 1. The van der Waals surface area contributed by atoms with Gasteiger partial charge in [-0.2, -0.15) is 0 Å². The summed E-state index contributed by atoms with van der Waals surface area (Å²) in [4.78, 5) is 44.6. The molecule has 3 aromatic heterocycles. The van der Waals surface area contributed by atoms with Gasteiger partial charge in [-0.05, 0) is 44.4 Å². The van der Waals surface area contributed by atoms with Crippen molar-refractivity contribution in [2.75, 3.05) is 0 Å². The van der Waals surface area contributed by atoms with Gasteiger partial charge in [-0.1, -0.05) is 12.1 Å². The third kappa shape index (κ3) is 3.25. The first-order valence-electron chi connectivity index (χ1n) is 8.96. The summed E-state index contributed by atoms with van der Waals surface area (Å²) in [7, 11) is 0. The maximum Gasteiger partial charge on any atom is 0.349 e. The molecule has 0 bridgehead atoms. The van der Waals surface area contributed by atoms with Gasteiger partial charge in [0.25, 0.3) is 5.56 Å². The quantitative estimate of drug-likeness (QED) is 0.408. The number of aromatic nitrogens is 2. The highest BCUT2D eigenvalue weighted by Crippen LogP contribution is 2.28. The highest BCUT2D eigenvalue weighted by molar-refractivity contribution is 7.20. The number of nitrogens with zero attached hydrogens (tertiary/aromatic N) is 1. The first-order chi connectivity index (χ1) is 13.8. The van der Waals surface area contributed by atoms with Crippen molar-refractivity contribution in [3.05, 3.63) is 71.9 Å². The van der Waals surface area contributed by atoms with E-state index in [9.17, 15) is 14.4 Å². The van der Waals surface area contributed by atoms with E-state index in [2.05, 4.69) is 9.97 Å². The van der Waals surface area contributed by atoms with E-state index in [0.717, 1.165) is 27.8 Å². The largest absolute Gasteiger partial charge is 0.457 e. The molecule has 0 fully saturated rings. The van der Waals surface area contributed by atoms with Crippen molar-refractivity contribution in [3.8, 4) is 0 Å². The van der Waals surface area contributed by atoms with E-state index in [0.29, 0.717) is 37.6 Å². The number of rotatable bonds is 3. The second kappa shape index (κ2) is 6.97. The number of carbonyl (C=O) groups excluding carboxylic acids is 1. The second-order valence-corrected chi connectivity index (χ2v) is 7.94. The molecule has 29 heavy (non-hydrogen) atoms. The van der Waals surface area contributed by atoms with Gasteiger partial charge in [0.2, 0.25) is 0 Å². The molecule has 4 aromatic rings. The van der Waals surface area contributed by atoms with Crippen molar-refractivity contribution in [2.24, 2.45) is 0 Å². The molecule has 3 heterocycles. The lowest BCUT2D eigenvalue weighted by Crippen LogP contribution is -2.10. The molecular weight excluding hydrogens is 392 g/mol. The van der Waals surface area contributed by atoms with Crippen molar-refractivity contribution in [2.45, 2.75) is 34.3 Å². The van der Waals surface area contributed by atoms with Crippen molar-refractivity contribution >= 4 is 38.5 Å². The maximum atomic E-state index is 12.7. The normalized spacial score (nSPS) is 11.3. The van der Waals surface area contributed by atoms with Gasteiger partial charge >= 0.3 is 11.6 Å². The molecule has 0 aliphatic heterocycles. The number of aromatic amines is 1. The fourth-order valence-corrected chi connectivity index (χ4v) is 4.42. The van der Waals surface area contributed by atoms with Crippen molar-refractivity contribution in [1.82, 2.24) is 9.97 Å². The number of hydrogen-bond donors (Lipinski definition) is 1. The van der Waals surface area contributed by atoms with Crippen LogP contribution in [0, 0.1) is 27.7 Å². The van der Waals surface area contributed by atoms with Crippen LogP contribution in [0.3, 0.4) is 0 Å². The predicted octanol–water partition coefficient (Wildman–Crippen LogP) is 3.68. The summed E-state index contributed by atoms with van der Waals surface area (Å²) < 4.78 is 10.8. The minimum absolute atomic E-state index is 0.0834. The molecule has 0 spiro atoms. The zero-order valence-corrected chi connectivity index (χ0v) is 17.2. The van der Waals surface area contributed by atoms with Gasteiger partial charge in [0, 0.05) is 17.0 Å². The Bertz CT molecular complexity index is 1410. The zero-order chi connectivity index (χ0) is 20.9. The van der Waals surface area contributed by atoms with Crippen molar-refractivity contribution < 1.29 is 13.9 Å². The van der Waals surface area contributed by atoms with Gasteiger partial charge in [-0.15, -0.1) is 11.3 Å². The summed E-state index contributed by atoms with van der Waals surface area (Å²) in [6, 6.07) is 5.11. The molecule has 0 aliphatic carbocycles. The van der Waals surface area contributed by atoms with Crippen LogP contribution in [0.4, 0.5) is 0 Å². The van der Waals surface area contributed by atoms with Crippen LogP contribution in [-0.4, -0.2) is 15.9 Å². The standard InChI is InChI=1S/C21H18N2O5S/c1-9-5-6-14-13(7-15(24)28-17(14)10(9)2)8-27-21(26)18-11(3)16-19(25)22-12(4)23-20(16)29-18/h5-7H,8H2,1-4H3,(H,22,23,25). The molecule has 0 saturated heterocycles. The number of carbonyl (C=O) groups is 1. The van der Waals surface area contributed by atoms with Gasteiger partial charge in [0.05, 0.1) is 5.39 Å². The zero-order valence-electron chi connectivity index (χ0n) is 16.3. The first kappa shape index (κ1) is 19.1. The summed E-state index contributed by atoms with van der Waals surface area (Å²) >= 11 is 1.12. The lowest BCUT2D eigenvalue weighted by Gasteiger charge is -2.09. The highest BCUT2D eigenvalue weighted by atomic mass is 32.1. The third-order valence-corrected chi connectivity index (χ3v) is 6.15. The van der Waals surface area contributed by atoms with Crippen molar-refractivity contribution in [3.63, 3.8) is 0 Å². The Hall–Kier alpha value is -3.26. The van der Waals surface area contributed by atoms with E-state index in [1.807, 2.05) is 26.0 Å². The van der Waals surface area contributed by atoms with Crippen LogP contribution in [0.1, 0.15) is 37.7 Å². The Morgan fingerprint density at radius 2 is 1.93 bits per heavy atom. The molecule has 0 saturated carbocycles. The van der Waals surface area contributed by atoms with E-state index in [1.54, 1.807) is 13.8 Å². The van der Waals surface area contributed by atoms with Gasteiger partial charge in [0.1, 0.15) is 27.7 Å². The smallest absolute Gasteiger partial charge is 0.349 e. The number of aryl methyl sites for hydroxylation is 4. The van der Waals surface area contributed by atoms with E-state index in [1.165, 1.54) is 6.07 Å². The van der Waals surface area contributed by atoms with E-state index in [-0.39, 0.29) is 12.2 Å². The Morgan fingerprint density at radius 1 is 1.17 bits per heavy atom. The van der Waals surface area contributed by atoms with E-state index >= 15 is 0 Å². The number of H-pyrrole nitrogens is 1. The van der Waals surface area contributed by atoms with Crippen LogP contribution in [0.15, 0.2) is 32.2 Å². The topological polar surface area (TPSA) is 102 Å². The average molecular weight is 410 g/mol. The Balaban J connectivity index is 1.69. The molecule has 7 nitrogen and oxygen atoms in total. The number of benzene rings is 1. The summed E-state index contributed by atoms with van der Waals surface area (Å²) in [5.41, 5.74) is 2.69. The fraction of sp³-hybridized carbons (Fsp3) is 0.238. The Kier molecular flexibility index (Phi) is 4.58. The van der Waals surface area contributed by atoms with E-state index < -0.39 is 11.6 Å². The number of thiophene rings is 1. The van der Waals surface area contributed by atoms with Gasteiger partial charge in [0.15, 0.2) is 0 Å². The van der Waals surface area contributed by atoms with Gasteiger partial charge in [-0.25, -0.2) is 14.6 Å². The molecule has 4 rings (SSSR count). The monoisotopic (exact) mass is 410 g/mol. The van der Waals surface area contributed by atoms with Crippen LogP contribution < -0.4 is 11.2 Å². The third-order valence-electron chi connectivity index (χ3n) is 4.98. The maximum absolute atomic E-state index is 12.7. The van der Waals surface area contributed by atoms with Crippen LogP contribution in [0.25, 0.3) is 21.2 Å². The first-order valence-corrected chi connectivity index (χ1v) is 9.78. The summed E-state index contributed by atoms with van der Waals surface area (Å²) in [6.07, 6.45) is 0. The number of nitrogens with one attached hydrogen (secondary N) is 1. The molecular formula is C21H18N2O5S. The molecule has 148 valence electrons. The van der Waals surface area contributed by atoms with Crippen LogP contribution in [0.5, 0.6) is 0 Å².